The lowest BCUT2D eigenvalue weighted by atomic mass is 10.1. The van der Waals surface area contributed by atoms with E-state index in [0.29, 0.717) is 5.75 Å². The number of phenols is 1. The Balaban J connectivity index is 1.82. The minimum Gasteiger partial charge on any atom is -0.508 e. The Morgan fingerprint density at radius 3 is 2.90 bits per heavy atom. The summed E-state index contributed by atoms with van der Waals surface area (Å²) in [6.45, 7) is 2.83. The Morgan fingerprint density at radius 1 is 1.19 bits per heavy atom. The summed E-state index contributed by atoms with van der Waals surface area (Å²) in [6, 6.07) is 14.0. The molecule has 3 heteroatoms. The Kier molecular flexibility index (Phi) is 4.00. The second-order valence-electron chi connectivity index (χ2n) is 5.43. The van der Waals surface area contributed by atoms with Crippen LogP contribution in [0.15, 0.2) is 42.5 Å². The fourth-order valence-corrected chi connectivity index (χ4v) is 2.90. The third-order valence-electron chi connectivity index (χ3n) is 3.92. The monoisotopic (exact) mass is 283 g/mol. The molecular weight excluding hydrogens is 262 g/mol. The predicted octanol–water partition coefficient (Wildman–Crippen LogP) is 4.28. The van der Waals surface area contributed by atoms with Crippen LogP contribution in [-0.4, -0.2) is 11.7 Å². The molecule has 0 saturated carbocycles. The van der Waals surface area contributed by atoms with Crippen molar-refractivity contribution in [1.29, 1.82) is 0 Å². The Morgan fingerprint density at radius 2 is 2.05 bits per heavy atom. The van der Waals surface area contributed by atoms with Crippen molar-refractivity contribution in [2.75, 3.05) is 11.9 Å². The largest absolute Gasteiger partial charge is 0.508 e. The van der Waals surface area contributed by atoms with E-state index in [9.17, 15) is 5.11 Å². The van der Waals surface area contributed by atoms with Gasteiger partial charge in [0.15, 0.2) is 0 Å². The first-order chi connectivity index (χ1) is 10.3. The van der Waals surface area contributed by atoms with Crippen LogP contribution in [-0.2, 0) is 6.42 Å². The molecule has 2 aromatic carbocycles. The number of nitrogens with one attached hydrogen (secondary N) is 1. The normalized spacial score (nSPS) is 16.5. The van der Waals surface area contributed by atoms with E-state index < -0.39 is 0 Å². The zero-order chi connectivity index (χ0) is 14.7. The van der Waals surface area contributed by atoms with Crippen LogP contribution in [0.3, 0.4) is 0 Å². The summed E-state index contributed by atoms with van der Waals surface area (Å²) < 4.78 is 5.80. The number of rotatable bonds is 5. The lowest BCUT2D eigenvalue weighted by Crippen LogP contribution is -2.09. The summed E-state index contributed by atoms with van der Waals surface area (Å²) in [5.74, 6) is 1.31. The maximum atomic E-state index is 9.93. The van der Waals surface area contributed by atoms with Gasteiger partial charge >= 0.3 is 0 Å². The summed E-state index contributed by atoms with van der Waals surface area (Å²) in [4.78, 5) is 0. The van der Waals surface area contributed by atoms with Crippen molar-refractivity contribution < 1.29 is 9.84 Å². The van der Waals surface area contributed by atoms with Crippen molar-refractivity contribution in [1.82, 2.24) is 0 Å². The van der Waals surface area contributed by atoms with E-state index in [1.807, 2.05) is 30.3 Å². The van der Waals surface area contributed by atoms with Crippen LogP contribution in [0.5, 0.6) is 11.5 Å². The molecule has 0 amide bonds. The minimum absolute atomic E-state index is 0.235. The molecule has 0 heterocycles. The number of ether oxygens (including phenoxy) is 1. The highest BCUT2D eigenvalue weighted by Gasteiger charge is 2.25. The Bertz CT molecular complexity index is 624. The lowest BCUT2D eigenvalue weighted by Gasteiger charge is -2.18. The first-order valence-electron chi connectivity index (χ1n) is 7.58. The van der Waals surface area contributed by atoms with Gasteiger partial charge in [-0.2, -0.15) is 0 Å². The molecule has 1 unspecified atom stereocenters. The van der Waals surface area contributed by atoms with Gasteiger partial charge in [-0.25, -0.2) is 0 Å². The van der Waals surface area contributed by atoms with Gasteiger partial charge in [-0.05, 0) is 48.6 Å². The standard InChI is InChI=1S/C18H21NO2/c1-2-12-21-18-9-4-3-7-16(18)19-15-11-10-14-13(15)6-5-8-17(14)20/h3-9,15,19-20H,2,10-12H2,1H3. The van der Waals surface area contributed by atoms with Gasteiger partial charge in [-0.1, -0.05) is 31.2 Å². The number of hydrogen-bond donors (Lipinski definition) is 2. The molecule has 1 atom stereocenters. The second-order valence-corrected chi connectivity index (χ2v) is 5.43. The smallest absolute Gasteiger partial charge is 0.142 e. The zero-order valence-corrected chi connectivity index (χ0v) is 12.3. The molecule has 0 bridgehead atoms. The molecule has 0 aliphatic heterocycles. The lowest BCUT2D eigenvalue weighted by molar-refractivity contribution is 0.318. The summed E-state index contributed by atoms with van der Waals surface area (Å²) in [6.07, 6.45) is 2.90. The number of hydrogen-bond acceptors (Lipinski definition) is 3. The molecule has 0 radical (unpaired) electrons. The fourth-order valence-electron chi connectivity index (χ4n) is 2.90. The number of fused-ring (bicyclic) bond motifs is 1. The topological polar surface area (TPSA) is 41.5 Å². The van der Waals surface area contributed by atoms with Crippen molar-refractivity contribution in [3.63, 3.8) is 0 Å². The van der Waals surface area contributed by atoms with Gasteiger partial charge in [-0.15, -0.1) is 0 Å². The van der Waals surface area contributed by atoms with Gasteiger partial charge < -0.3 is 15.2 Å². The molecule has 2 N–H and O–H groups in total. The van der Waals surface area contributed by atoms with Gasteiger partial charge in [0, 0.05) is 0 Å². The van der Waals surface area contributed by atoms with Crippen molar-refractivity contribution in [2.45, 2.75) is 32.2 Å². The van der Waals surface area contributed by atoms with Gasteiger partial charge in [-0.3, -0.25) is 0 Å². The van der Waals surface area contributed by atoms with E-state index in [1.54, 1.807) is 6.07 Å². The highest BCUT2D eigenvalue weighted by molar-refractivity contribution is 5.59. The molecule has 1 aliphatic carbocycles. The van der Waals surface area contributed by atoms with E-state index in [0.717, 1.165) is 42.9 Å². The average Bonchev–Trinajstić information content (AvgIpc) is 2.91. The van der Waals surface area contributed by atoms with Crippen molar-refractivity contribution in [2.24, 2.45) is 0 Å². The van der Waals surface area contributed by atoms with Crippen molar-refractivity contribution in [3.05, 3.63) is 53.6 Å². The van der Waals surface area contributed by atoms with Crippen LogP contribution >= 0.6 is 0 Å². The van der Waals surface area contributed by atoms with Gasteiger partial charge in [0.05, 0.1) is 18.3 Å². The number of anilines is 1. The predicted molar refractivity (Wildman–Crippen MR) is 85.0 cm³/mol. The van der Waals surface area contributed by atoms with Crippen LogP contribution in [0.2, 0.25) is 0 Å². The van der Waals surface area contributed by atoms with Crippen LogP contribution in [0, 0.1) is 0 Å². The molecule has 0 aromatic heterocycles. The molecule has 2 aromatic rings. The van der Waals surface area contributed by atoms with Crippen LogP contribution in [0.4, 0.5) is 5.69 Å². The maximum absolute atomic E-state index is 9.93. The fraction of sp³-hybridized carbons (Fsp3) is 0.333. The zero-order valence-electron chi connectivity index (χ0n) is 12.3. The minimum atomic E-state index is 0.235. The van der Waals surface area contributed by atoms with Gasteiger partial charge in [0.25, 0.3) is 0 Å². The molecule has 0 fully saturated rings. The Labute approximate surface area is 125 Å². The molecule has 0 spiro atoms. The average molecular weight is 283 g/mol. The van der Waals surface area contributed by atoms with Crippen LogP contribution < -0.4 is 10.1 Å². The first-order valence-corrected chi connectivity index (χ1v) is 7.58. The third-order valence-corrected chi connectivity index (χ3v) is 3.92. The van der Waals surface area contributed by atoms with Gasteiger partial charge in [0.1, 0.15) is 11.5 Å². The molecule has 3 nitrogen and oxygen atoms in total. The molecule has 1 aliphatic rings. The van der Waals surface area contributed by atoms with Crippen LogP contribution in [0.25, 0.3) is 0 Å². The number of benzene rings is 2. The van der Waals surface area contributed by atoms with E-state index in [1.165, 1.54) is 5.56 Å². The summed E-state index contributed by atoms with van der Waals surface area (Å²) in [5.41, 5.74) is 3.29. The first kappa shape index (κ1) is 13.8. The molecule has 110 valence electrons. The highest BCUT2D eigenvalue weighted by atomic mass is 16.5. The number of para-hydroxylation sites is 2. The Hall–Kier alpha value is -2.16. The van der Waals surface area contributed by atoms with Crippen LogP contribution in [0.1, 0.15) is 36.9 Å². The maximum Gasteiger partial charge on any atom is 0.142 e. The van der Waals surface area contributed by atoms with E-state index >= 15 is 0 Å². The molecule has 3 rings (SSSR count). The quantitative estimate of drug-likeness (QED) is 0.860. The molecule has 21 heavy (non-hydrogen) atoms. The SMILES string of the molecule is CCCOc1ccccc1NC1CCc2c(O)cccc21. The summed E-state index contributed by atoms with van der Waals surface area (Å²) >= 11 is 0. The number of phenolic OH excluding ortho intramolecular Hbond substituents is 1. The van der Waals surface area contributed by atoms with Crippen molar-refractivity contribution in [3.8, 4) is 11.5 Å². The third kappa shape index (κ3) is 2.82. The van der Waals surface area contributed by atoms with E-state index in [4.69, 9.17) is 4.74 Å². The number of aromatic hydroxyl groups is 1. The van der Waals surface area contributed by atoms with Crippen molar-refractivity contribution >= 4 is 5.69 Å². The second kappa shape index (κ2) is 6.08. The highest BCUT2D eigenvalue weighted by Crippen LogP contribution is 2.39. The van der Waals surface area contributed by atoms with E-state index in [-0.39, 0.29) is 6.04 Å². The van der Waals surface area contributed by atoms with Gasteiger partial charge in [0.2, 0.25) is 0 Å². The molecule has 0 saturated heterocycles. The summed E-state index contributed by atoms with van der Waals surface area (Å²) in [7, 11) is 0. The molecular formula is C18H21NO2. The van der Waals surface area contributed by atoms with E-state index in [2.05, 4.69) is 18.3 Å². The summed E-state index contributed by atoms with van der Waals surface area (Å²) in [5, 5.41) is 13.5.